The molecule has 0 radical (unpaired) electrons. The van der Waals surface area contributed by atoms with E-state index in [1.54, 1.807) is 0 Å². The fourth-order valence-electron chi connectivity index (χ4n) is 3.95. The number of carbonyl (C=O) groups is 2. The summed E-state index contributed by atoms with van der Waals surface area (Å²) < 4.78 is 0. The Balaban J connectivity index is 1.65. The maximum atomic E-state index is 12.8. The van der Waals surface area contributed by atoms with E-state index in [9.17, 15) is 9.59 Å². The average molecular weight is 358 g/mol. The van der Waals surface area contributed by atoms with Crippen molar-refractivity contribution in [1.29, 1.82) is 0 Å². The molecule has 1 aromatic carbocycles. The summed E-state index contributed by atoms with van der Waals surface area (Å²) in [6.45, 7) is 6.33. The van der Waals surface area contributed by atoms with Crippen molar-refractivity contribution in [2.75, 3.05) is 39.3 Å². The number of carbonyl (C=O) groups excluding carboxylic acids is 2. The molecule has 142 valence electrons. The molecule has 2 amide bonds. The van der Waals surface area contributed by atoms with Crippen molar-refractivity contribution in [3.63, 3.8) is 0 Å². The Morgan fingerprint density at radius 3 is 2.69 bits per heavy atom. The van der Waals surface area contributed by atoms with Crippen LogP contribution in [0.5, 0.6) is 0 Å². The zero-order valence-corrected chi connectivity index (χ0v) is 15.6. The molecule has 0 spiro atoms. The van der Waals surface area contributed by atoms with E-state index in [1.807, 2.05) is 4.90 Å². The SMILES string of the molecule is CCc1ccc(C2CNCCN2CC(=O)N2CCCC(C(N)=O)C2)cc1. The van der Waals surface area contributed by atoms with Crippen LogP contribution in [0.15, 0.2) is 24.3 Å². The summed E-state index contributed by atoms with van der Waals surface area (Å²) in [4.78, 5) is 28.4. The zero-order valence-electron chi connectivity index (χ0n) is 15.6. The molecule has 2 aliphatic rings. The van der Waals surface area contributed by atoms with Crippen LogP contribution in [0.2, 0.25) is 0 Å². The van der Waals surface area contributed by atoms with Crippen LogP contribution in [0.3, 0.4) is 0 Å². The Hall–Kier alpha value is -1.92. The lowest BCUT2D eigenvalue weighted by Gasteiger charge is -2.38. The molecule has 3 rings (SSSR count). The molecular formula is C20H30N4O2. The van der Waals surface area contributed by atoms with Gasteiger partial charge < -0.3 is 16.0 Å². The summed E-state index contributed by atoms with van der Waals surface area (Å²) in [5.41, 5.74) is 8.01. The third-order valence-electron chi connectivity index (χ3n) is 5.64. The quantitative estimate of drug-likeness (QED) is 0.820. The van der Waals surface area contributed by atoms with Crippen LogP contribution in [0.25, 0.3) is 0 Å². The maximum Gasteiger partial charge on any atom is 0.236 e. The van der Waals surface area contributed by atoms with Gasteiger partial charge in [-0.3, -0.25) is 14.5 Å². The fourth-order valence-corrected chi connectivity index (χ4v) is 3.95. The Kier molecular flexibility index (Phi) is 6.27. The molecule has 2 atom stereocenters. The van der Waals surface area contributed by atoms with Crippen LogP contribution in [-0.2, 0) is 16.0 Å². The first-order valence-corrected chi connectivity index (χ1v) is 9.69. The lowest BCUT2D eigenvalue weighted by atomic mass is 9.97. The molecule has 2 heterocycles. The summed E-state index contributed by atoms with van der Waals surface area (Å²) in [5.74, 6) is -0.389. The molecule has 2 saturated heterocycles. The molecule has 6 heteroatoms. The van der Waals surface area contributed by atoms with Gasteiger partial charge in [-0.15, -0.1) is 0 Å². The molecule has 2 unspecified atom stereocenters. The third kappa shape index (κ3) is 4.43. The van der Waals surface area contributed by atoms with E-state index < -0.39 is 0 Å². The molecule has 2 aliphatic heterocycles. The normalized spacial score (nSPS) is 24.4. The van der Waals surface area contributed by atoms with Crippen molar-refractivity contribution in [2.45, 2.75) is 32.2 Å². The Bertz CT molecular complexity index is 631. The number of nitrogens with zero attached hydrogens (tertiary/aromatic N) is 2. The molecule has 0 aliphatic carbocycles. The van der Waals surface area contributed by atoms with E-state index in [2.05, 4.69) is 41.4 Å². The number of piperidine rings is 1. The fraction of sp³-hybridized carbons (Fsp3) is 0.600. The number of aryl methyl sites for hydroxylation is 1. The highest BCUT2D eigenvalue weighted by atomic mass is 16.2. The van der Waals surface area contributed by atoms with E-state index in [-0.39, 0.29) is 23.8 Å². The molecule has 3 N–H and O–H groups in total. The van der Waals surface area contributed by atoms with Gasteiger partial charge in [0.1, 0.15) is 0 Å². The second-order valence-electron chi connectivity index (χ2n) is 7.37. The van der Waals surface area contributed by atoms with Gasteiger partial charge in [-0.25, -0.2) is 0 Å². The number of likely N-dealkylation sites (tertiary alicyclic amines) is 1. The first kappa shape index (κ1) is 18.9. The number of hydrogen-bond donors (Lipinski definition) is 2. The van der Waals surface area contributed by atoms with Crippen molar-refractivity contribution in [2.24, 2.45) is 11.7 Å². The molecule has 26 heavy (non-hydrogen) atoms. The van der Waals surface area contributed by atoms with E-state index in [0.29, 0.717) is 13.1 Å². The van der Waals surface area contributed by atoms with Crippen molar-refractivity contribution in [3.05, 3.63) is 35.4 Å². The van der Waals surface area contributed by atoms with Gasteiger partial charge >= 0.3 is 0 Å². The maximum absolute atomic E-state index is 12.8. The number of hydrogen-bond acceptors (Lipinski definition) is 4. The van der Waals surface area contributed by atoms with Crippen molar-refractivity contribution < 1.29 is 9.59 Å². The highest BCUT2D eigenvalue weighted by molar-refractivity contribution is 5.81. The van der Waals surface area contributed by atoms with Crippen LogP contribution in [0.4, 0.5) is 0 Å². The standard InChI is InChI=1S/C20H30N4O2/c1-2-15-5-7-16(8-6-15)18-12-22-9-11-23(18)14-19(25)24-10-3-4-17(13-24)20(21)26/h5-8,17-18,22H,2-4,9-14H2,1H3,(H2,21,26). The molecule has 0 aromatic heterocycles. The number of rotatable bonds is 5. The minimum atomic E-state index is -0.293. The monoisotopic (exact) mass is 358 g/mol. The van der Waals surface area contributed by atoms with E-state index >= 15 is 0 Å². The predicted molar refractivity (Wildman–Crippen MR) is 102 cm³/mol. The van der Waals surface area contributed by atoms with E-state index in [1.165, 1.54) is 11.1 Å². The van der Waals surface area contributed by atoms with Gasteiger partial charge in [-0.1, -0.05) is 31.2 Å². The molecule has 0 saturated carbocycles. The van der Waals surface area contributed by atoms with Gasteiger partial charge in [-0.05, 0) is 30.4 Å². The van der Waals surface area contributed by atoms with Crippen LogP contribution in [0.1, 0.15) is 36.9 Å². The van der Waals surface area contributed by atoms with Crippen molar-refractivity contribution in [3.8, 4) is 0 Å². The topological polar surface area (TPSA) is 78.7 Å². The number of nitrogens with two attached hydrogens (primary N) is 1. The van der Waals surface area contributed by atoms with Crippen LogP contribution < -0.4 is 11.1 Å². The molecule has 2 fully saturated rings. The summed E-state index contributed by atoms with van der Waals surface area (Å²) in [5, 5.41) is 3.44. The Labute approximate surface area is 155 Å². The van der Waals surface area contributed by atoms with Crippen molar-refractivity contribution >= 4 is 11.8 Å². The van der Waals surface area contributed by atoms with Crippen LogP contribution >= 0.6 is 0 Å². The highest BCUT2D eigenvalue weighted by Gasteiger charge is 2.30. The van der Waals surface area contributed by atoms with Gasteiger partial charge in [0.05, 0.1) is 12.5 Å². The largest absolute Gasteiger partial charge is 0.369 e. The third-order valence-corrected chi connectivity index (χ3v) is 5.64. The summed E-state index contributed by atoms with van der Waals surface area (Å²) in [6, 6.07) is 8.91. The van der Waals surface area contributed by atoms with Gasteiger partial charge in [0, 0.05) is 38.8 Å². The van der Waals surface area contributed by atoms with Gasteiger partial charge in [0.2, 0.25) is 11.8 Å². The molecule has 0 bridgehead atoms. The first-order valence-electron chi connectivity index (χ1n) is 9.69. The van der Waals surface area contributed by atoms with Crippen molar-refractivity contribution in [1.82, 2.24) is 15.1 Å². The number of primary amides is 1. The number of nitrogens with one attached hydrogen (secondary N) is 1. The van der Waals surface area contributed by atoms with Crippen LogP contribution in [-0.4, -0.2) is 60.9 Å². The Morgan fingerprint density at radius 1 is 1.23 bits per heavy atom. The van der Waals surface area contributed by atoms with E-state index in [0.717, 1.165) is 45.4 Å². The summed E-state index contributed by atoms with van der Waals surface area (Å²) in [7, 11) is 0. The number of benzene rings is 1. The van der Waals surface area contributed by atoms with Gasteiger partial charge in [-0.2, -0.15) is 0 Å². The number of piperazine rings is 1. The lowest BCUT2D eigenvalue weighted by Crippen LogP contribution is -2.52. The van der Waals surface area contributed by atoms with Gasteiger partial charge in [0.15, 0.2) is 0 Å². The summed E-state index contributed by atoms with van der Waals surface area (Å²) >= 11 is 0. The predicted octanol–water partition coefficient (Wildman–Crippen LogP) is 0.919. The minimum absolute atomic E-state index is 0.105. The number of amides is 2. The molecule has 1 aromatic rings. The smallest absolute Gasteiger partial charge is 0.236 e. The molecule has 6 nitrogen and oxygen atoms in total. The first-order chi connectivity index (χ1) is 12.6. The molecular weight excluding hydrogens is 328 g/mol. The highest BCUT2D eigenvalue weighted by Crippen LogP contribution is 2.23. The second kappa shape index (κ2) is 8.64. The summed E-state index contributed by atoms with van der Waals surface area (Å²) in [6.07, 6.45) is 2.67. The minimum Gasteiger partial charge on any atom is -0.369 e. The average Bonchev–Trinajstić information content (AvgIpc) is 2.68. The van der Waals surface area contributed by atoms with Crippen LogP contribution in [0, 0.1) is 5.92 Å². The van der Waals surface area contributed by atoms with E-state index in [4.69, 9.17) is 5.73 Å². The zero-order chi connectivity index (χ0) is 18.5. The lowest BCUT2D eigenvalue weighted by molar-refractivity contribution is -0.136. The second-order valence-corrected chi connectivity index (χ2v) is 7.37. The Morgan fingerprint density at radius 2 is 2.00 bits per heavy atom. The van der Waals surface area contributed by atoms with Gasteiger partial charge in [0.25, 0.3) is 0 Å².